The van der Waals surface area contributed by atoms with Crippen molar-refractivity contribution in [2.45, 2.75) is 18.9 Å². The first kappa shape index (κ1) is 14.3. The van der Waals surface area contributed by atoms with Gasteiger partial charge in [0.15, 0.2) is 0 Å². The molecule has 96 valence electrons. The second-order valence-electron chi connectivity index (χ2n) is 3.67. The summed E-state index contributed by atoms with van der Waals surface area (Å²) in [5, 5.41) is 18.1. The minimum Gasteiger partial charge on any atom is -0.496 e. The van der Waals surface area contributed by atoms with E-state index in [4.69, 9.17) is 14.6 Å². The zero-order valence-corrected chi connectivity index (χ0v) is 11.5. The standard InChI is InChI=1S/C12H17BrO4/c1-16-11-6-12(17-2)10(13)5-8(11)3-4-9(15)7-14/h5-6,9,14-15H,3-4,7H2,1-2H3. The van der Waals surface area contributed by atoms with Gasteiger partial charge in [0.25, 0.3) is 0 Å². The molecule has 1 rings (SSSR count). The molecule has 0 bridgehead atoms. The van der Waals surface area contributed by atoms with Gasteiger partial charge in [-0.1, -0.05) is 0 Å². The SMILES string of the molecule is COc1cc(OC)c(CCC(O)CO)cc1Br. The van der Waals surface area contributed by atoms with Crippen LogP contribution in [0.5, 0.6) is 11.5 Å². The molecule has 0 radical (unpaired) electrons. The van der Waals surface area contributed by atoms with E-state index in [-0.39, 0.29) is 6.61 Å². The van der Waals surface area contributed by atoms with Gasteiger partial charge in [-0.3, -0.25) is 0 Å². The van der Waals surface area contributed by atoms with E-state index < -0.39 is 6.10 Å². The van der Waals surface area contributed by atoms with Crippen molar-refractivity contribution in [3.05, 3.63) is 22.2 Å². The fourth-order valence-electron chi connectivity index (χ4n) is 1.53. The number of methoxy groups -OCH3 is 2. The van der Waals surface area contributed by atoms with Gasteiger partial charge in [-0.15, -0.1) is 0 Å². The molecule has 0 aliphatic carbocycles. The first-order chi connectivity index (χ1) is 8.12. The molecule has 0 aliphatic rings. The zero-order chi connectivity index (χ0) is 12.8. The summed E-state index contributed by atoms with van der Waals surface area (Å²) in [6, 6.07) is 3.70. The number of aryl methyl sites for hydroxylation is 1. The van der Waals surface area contributed by atoms with Crippen LogP contribution in [0.25, 0.3) is 0 Å². The fraction of sp³-hybridized carbons (Fsp3) is 0.500. The Morgan fingerprint density at radius 2 is 1.88 bits per heavy atom. The first-order valence-corrected chi connectivity index (χ1v) is 6.11. The van der Waals surface area contributed by atoms with Crippen molar-refractivity contribution in [2.24, 2.45) is 0 Å². The van der Waals surface area contributed by atoms with E-state index >= 15 is 0 Å². The molecular weight excluding hydrogens is 288 g/mol. The maximum absolute atomic E-state index is 9.33. The van der Waals surface area contributed by atoms with Crippen LogP contribution < -0.4 is 9.47 Å². The number of halogens is 1. The summed E-state index contributed by atoms with van der Waals surface area (Å²) in [4.78, 5) is 0. The van der Waals surface area contributed by atoms with E-state index in [0.29, 0.717) is 18.6 Å². The molecule has 17 heavy (non-hydrogen) atoms. The fourth-order valence-corrected chi connectivity index (χ4v) is 2.08. The Morgan fingerprint density at radius 3 is 2.41 bits per heavy atom. The molecule has 1 atom stereocenters. The minimum absolute atomic E-state index is 0.223. The lowest BCUT2D eigenvalue weighted by molar-refractivity contribution is 0.0884. The molecular formula is C12H17BrO4. The summed E-state index contributed by atoms with van der Waals surface area (Å²) in [6.07, 6.45) is 0.430. The number of aliphatic hydroxyl groups is 2. The molecule has 2 N–H and O–H groups in total. The smallest absolute Gasteiger partial charge is 0.136 e. The second-order valence-corrected chi connectivity index (χ2v) is 4.53. The molecule has 1 aromatic rings. The van der Waals surface area contributed by atoms with Gasteiger partial charge in [-0.25, -0.2) is 0 Å². The highest BCUT2D eigenvalue weighted by atomic mass is 79.9. The third-order valence-electron chi connectivity index (χ3n) is 2.51. The number of rotatable bonds is 6. The highest BCUT2D eigenvalue weighted by Gasteiger charge is 2.11. The first-order valence-electron chi connectivity index (χ1n) is 5.31. The molecule has 4 nitrogen and oxygen atoms in total. The molecule has 0 amide bonds. The lowest BCUT2D eigenvalue weighted by atomic mass is 10.1. The van der Waals surface area contributed by atoms with E-state index in [9.17, 15) is 5.11 Å². The predicted octanol–water partition coefficient (Wildman–Crippen LogP) is 1.75. The van der Waals surface area contributed by atoms with Gasteiger partial charge < -0.3 is 19.7 Å². The molecule has 0 fully saturated rings. The van der Waals surface area contributed by atoms with Crippen LogP contribution in [-0.2, 0) is 6.42 Å². The van der Waals surface area contributed by atoms with E-state index in [0.717, 1.165) is 15.8 Å². The Labute approximate surface area is 109 Å². The van der Waals surface area contributed by atoms with E-state index in [1.807, 2.05) is 6.07 Å². The lowest BCUT2D eigenvalue weighted by Crippen LogP contribution is -2.13. The van der Waals surface area contributed by atoms with Crippen molar-refractivity contribution in [3.63, 3.8) is 0 Å². The monoisotopic (exact) mass is 304 g/mol. The van der Waals surface area contributed by atoms with Crippen molar-refractivity contribution in [1.82, 2.24) is 0 Å². The van der Waals surface area contributed by atoms with E-state index in [2.05, 4.69) is 15.9 Å². The van der Waals surface area contributed by atoms with Gasteiger partial charge in [0.1, 0.15) is 11.5 Å². The number of benzene rings is 1. The predicted molar refractivity (Wildman–Crippen MR) is 68.7 cm³/mol. The topological polar surface area (TPSA) is 58.9 Å². The quantitative estimate of drug-likeness (QED) is 0.841. The number of hydrogen-bond donors (Lipinski definition) is 2. The van der Waals surface area contributed by atoms with Crippen LogP contribution in [0.1, 0.15) is 12.0 Å². The van der Waals surface area contributed by atoms with Gasteiger partial charge in [-0.05, 0) is 40.4 Å². The summed E-state index contributed by atoms with van der Waals surface area (Å²) in [7, 11) is 3.18. The van der Waals surface area contributed by atoms with Crippen molar-refractivity contribution >= 4 is 15.9 Å². The summed E-state index contributed by atoms with van der Waals surface area (Å²) < 4.78 is 11.3. The van der Waals surface area contributed by atoms with E-state index in [1.54, 1.807) is 20.3 Å². The molecule has 1 unspecified atom stereocenters. The van der Waals surface area contributed by atoms with Crippen LogP contribution >= 0.6 is 15.9 Å². The molecule has 5 heteroatoms. The largest absolute Gasteiger partial charge is 0.496 e. The highest BCUT2D eigenvalue weighted by molar-refractivity contribution is 9.10. The molecule has 0 saturated carbocycles. The average molecular weight is 305 g/mol. The van der Waals surface area contributed by atoms with E-state index in [1.165, 1.54) is 0 Å². The van der Waals surface area contributed by atoms with Crippen molar-refractivity contribution < 1.29 is 19.7 Å². The minimum atomic E-state index is -0.694. The van der Waals surface area contributed by atoms with Gasteiger partial charge in [0.2, 0.25) is 0 Å². The van der Waals surface area contributed by atoms with Crippen LogP contribution in [0, 0.1) is 0 Å². The molecule has 0 aliphatic heterocycles. The summed E-state index contributed by atoms with van der Waals surface area (Å²) in [6.45, 7) is -0.223. The highest BCUT2D eigenvalue weighted by Crippen LogP contribution is 2.33. The molecule has 1 aromatic carbocycles. The Kier molecular flexibility index (Phi) is 5.74. The van der Waals surface area contributed by atoms with Crippen molar-refractivity contribution in [1.29, 1.82) is 0 Å². The summed E-state index contributed by atoms with van der Waals surface area (Å²) in [5.74, 6) is 1.42. The molecule has 0 heterocycles. The van der Waals surface area contributed by atoms with Gasteiger partial charge in [0, 0.05) is 6.07 Å². The van der Waals surface area contributed by atoms with Crippen LogP contribution in [0.15, 0.2) is 16.6 Å². The van der Waals surface area contributed by atoms with Gasteiger partial charge in [-0.2, -0.15) is 0 Å². The Morgan fingerprint density at radius 1 is 1.24 bits per heavy atom. The maximum atomic E-state index is 9.33. The summed E-state index contributed by atoms with van der Waals surface area (Å²) in [5.41, 5.74) is 0.965. The Bertz CT molecular complexity index is 368. The van der Waals surface area contributed by atoms with Gasteiger partial charge >= 0.3 is 0 Å². The molecule has 0 saturated heterocycles. The number of ether oxygens (including phenoxy) is 2. The number of aliphatic hydroxyl groups excluding tert-OH is 2. The maximum Gasteiger partial charge on any atom is 0.136 e. The number of hydrogen-bond acceptors (Lipinski definition) is 4. The van der Waals surface area contributed by atoms with Gasteiger partial charge in [0.05, 0.1) is 31.4 Å². The van der Waals surface area contributed by atoms with Crippen molar-refractivity contribution in [2.75, 3.05) is 20.8 Å². The van der Waals surface area contributed by atoms with Crippen LogP contribution in [0.2, 0.25) is 0 Å². The van der Waals surface area contributed by atoms with Crippen LogP contribution in [0.3, 0.4) is 0 Å². The zero-order valence-electron chi connectivity index (χ0n) is 9.94. The summed E-state index contributed by atoms with van der Waals surface area (Å²) >= 11 is 3.40. The Hall–Kier alpha value is -0.780. The molecule has 0 spiro atoms. The normalized spacial score (nSPS) is 12.3. The van der Waals surface area contributed by atoms with Crippen LogP contribution in [0.4, 0.5) is 0 Å². The van der Waals surface area contributed by atoms with Crippen molar-refractivity contribution in [3.8, 4) is 11.5 Å². The van der Waals surface area contributed by atoms with Crippen LogP contribution in [-0.4, -0.2) is 37.1 Å². The Balaban J connectivity index is 2.87. The lowest BCUT2D eigenvalue weighted by Gasteiger charge is -2.13. The molecule has 0 aromatic heterocycles. The third kappa shape index (κ3) is 3.87. The second kappa shape index (κ2) is 6.83. The third-order valence-corrected chi connectivity index (χ3v) is 3.13. The average Bonchev–Trinajstić information content (AvgIpc) is 2.35.